The second-order valence-corrected chi connectivity index (χ2v) is 4.53. The van der Waals surface area contributed by atoms with Crippen LogP contribution < -0.4 is 4.73 Å². The average Bonchev–Trinajstić information content (AvgIpc) is 2.79. The minimum Gasteiger partial charge on any atom is -0.418 e. The van der Waals surface area contributed by atoms with Gasteiger partial charge >= 0.3 is 6.18 Å². The summed E-state index contributed by atoms with van der Waals surface area (Å²) in [6.07, 6.45) is -2.08. The highest BCUT2D eigenvalue weighted by atomic mass is 35.5. The molecule has 0 radical (unpaired) electrons. The molecule has 1 N–H and O–H groups in total. The third-order valence-corrected chi connectivity index (χ3v) is 2.97. The Morgan fingerprint density at radius 1 is 1.19 bits per heavy atom. The smallest absolute Gasteiger partial charge is 0.418 e. The molecule has 9 heteroatoms. The molecule has 0 aliphatic rings. The van der Waals surface area contributed by atoms with Gasteiger partial charge in [-0.25, -0.2) is 9.97 Å². The molecule has 0 aliphatic heterocycles. The molecule has 0 amide bonds. The fraction of sp³-hybridized carbons (Fsp3) is 0.0833. The Hall–Kier alpha value is -2.35. The molecule has 0 aliphatic carbocycles. The Morgan fingerprint density at radius 2 is 1.95 bits per heavy atom. The first-order valence-electron chi connectivity index (χ1n) is 5.60. The van der Waals surface area contributed by atoms with Gasteiger partial charge in [-0.3, -0.25) is 5.21 Å². The largest absolute Gasteiger partial charge is 0.433 e. The zero-order valence-corrected chi connectivity index (χ0v) is 10.9. The standard InChI is InChI=1S/C12H6ClF3N3O2/c13-7-5-19(20)4-3-6(7)10-17-8-1-2-9(12(14,15)16)18-11(8)21-10/h1-5,20H/q+1. The zero-order chi connectivity index (χ0) is 15.2. The number of oxazole rings is 1. The Bertz CT molecular complexity index is 832. The van der Waals surface area contributed by atoms with Crippen LogP contribution in [0, 0.1) is 0 Å². The first kappa shape index (κ1) is 13.6. The van der Waals surface area contributed by atoms with Gasteiger partial charge in [0.1, 0.15) is 16.2 Å². The van der Waals surface area contributed by atoms with E-state index in [-0.39, 0.29) is 22.1 Å². The number of fused-ring (bicyclic) bond motifs is 1. The minimum atomic E-state index is -4.56. The predicted octanol–water partition coefficient (Wildman–Crippen LogP) is 3.09. The van der Waals surface area contributed by atoms with Gasteiger partial charge in [-0.05, 0) is 12.1 Å². The third kappa shape index (κ3) is 2.49. The van der Waals surface area contributed by atoms with Gasteiger partial charge in [0.25, 0.3) is 0 Å². The summed E-state index contributed by atoms with van der Waals surface area (Å²) in [6.45, 7) is 0. The molecule has 0 saturated heterocycles. The van der Waals surface area contributed by atoms with E-state index in [4.69, 9.17) is 16.0 Å². The normalized spacial score (nSPS) is 12.0. The van der Waals surface area contributed by atoms with Crippen LogP contribution >= 0.6 is 11.6 Å². The molecule has 5 nitrogen and oxygen atoms in total. The van der Waals surface area contributed by atoms with Crippen molar-refractivity contribution in [2.24, 2.45) is 0 Å². The second-order valence-electron chi connectivity index (χ2n) is 4.12. The van der Waals surface area contributed by atoms with E-state index in [1.807, 2.05) is 0 Å². The van der Waals surface area contributed by atoms with Crippen LogP contribution in [0.1, 0.15) is 5.69 Å². The number of hydrogen-bond donors (Lipinski definition) is 1. The lowest BCUT2D eigenvalue weighted by Gasteiger charge is -2.03. The SMILES string of the molecule is O[n+]1ccc(-c2nc3ccc(C(F)(F)F)nc3o2)c(Cl)c1. The van der Waals surface area contributed by atoms with Crippen LogP contribution in [0.2, 0.25) is 5.02 Å². The molecule has 3 rings (SSSR count). The first-order chi connectivity index (χ1) is 9.84. The fourth-order valence-electron chi connectivity index (χ4n) is 1.72. The Kier molecular flexibility index (Phi) is 2.98. The van der Waals surface area contributed by atoms with Gasteiger partial charge in [-0.1, -0.05) is 11.6 Å². The lowest BCUT2D eigenvalue weighted by Crippen LogP contribution is -2.28. The quantitative estimate of drug-likeness (QED) is 0.553. The van der Waals surface area contributed by atoms with Gasteiger partial charge in [0, 0.05) is 10.8 Å². The Labute approximate surface area is 120 Å². The Morgan fingerprint density at radius 3 is 2.62 bits per heavy atom. The van der Waals surface area contributed by atoms with Gasteiger partial charge in [0.15, 0.2) is 0 Å². The van der Waals surface area contributed by atoms with E-state index in [1.54, 1.807) is 0 Å². The lowest BCUT2D eigenvalue weighted by atomic mass is 10.3. The molecule has 0 fully saturated rings. The first-order valence-corrected chi connectivity index (χ1v) is 5.97. The van der Waals surface area contributed by atoms with Crippen molar-refractivity contribution in [1.29, 1.82) is 0 Å². The number of hydrogen-bond acceptors (Lipinski definition) is 4. The summed E-state index contributed by atoms with van der Waals surface area (Å²) in [5, 5.41) is 9.32. The van der Waals surface area contributed by atoms with Crippen molar-refractivity contribution < 1.29 is 27.5 Å². The molecule has 3 heterocycles. The average molecular weight is 317 g/mol. The van der Waals surface area contributed by atoms with Crippen LogP contribution in [0.5, 0.6) is 0 Å². The number of nitrogens with zero attached hydrogens (tertiary/aromatic N) is 3. The van der Waals surface area contributed by atoms with E-state index in [0.29, 0.717) is 5.56 Å². The number of rotatable bonds is 1. The predicted molar refractivity (Wildman–Crippen MR) is 64.6 cm³/mol. The number of aromatic nitrogens is 3. The van der Waals surface area contributed by atoms with Crippen molar-refractivity contribution >= 4 is 22.8 Å². The molecule has 108 valence electrons. The van der Waals surface area contributed by atoms with Gasteiger partial charge in [-0.2, -0.15) is 13.2 Å². The Balaban J connectivity index is 2.13. The van der Waals surface area contributed by atoms with Crippen molar-refractivity contribution in [1.82, 2.24) is 9.97 Å². The van der Waals surface area contributed by atoms with Crippen LogP contribution in [0.15, 0.2) is 35.0 Å². The van der Waals surface area contributed by atoms with Crippen LogP contribution in [0.3, 0.4) is 0 Å². The van der Waals surface area contributed by atoms with Gasteiger partial charge in [0.2, 0.25) is 24.0 Å². The van der Waals surface area contributed by atoms with Crippen LogP contribution in [-0.2, 0) is 6.18 Å². The van der Waals surface area contributed by atoms with E-state index in [2.05, 4.69) is 9.97 Å². The van der Waals surface area contributed by atoms with Crippen molar-refractivity contribution in [3.63, 3.8) is 0 Å². The summed E-state index contributed by atoms with van der Waals surface area (Å²) in [7, 11) is 0. The van der Waals surface area contributed by atoms with E-state index in [1.165, 1.54) is 24.5 Å². The van der Waals surface area contributed by atoms with Crippen LogP contribution in [0.25, 0.3) is 22.7 Å². The summed E-state index contributed by atoms with van der Waals surface area (Å²) in [5.74, 6) is 0.0161. The van der Waals surface area contributed by atoms with E-state index < -0.39 is 11.9 Å². The van der Waals surface area contributed by atoms with Crippen molar-refractivity contribution in [3.05, 3.63) is 41.3 Å². The monoisotopic (exact) mass is 316 g/mol. The maximum absolute atomic E-state index is 12.6. The maximum Gasteiger partial charge on any atom is 0.433 e. The molecule has 21 heavy (non-hydrogen) atoms. The molecular weight excluding hydrogens is 311 g/mol. The highest BCUT2D eigenvalue weighted by molar-refractivity contribution is 6.32. The van der Waals surface area contributed by atoms with Crippen molar-refractivity contribution in [2.75, 3.05) is 0 Å². The van der Waals surface area contributed by atoms with Gasteiger partial charge < -0.3 is 4.42 Å². The van der Waals surface area contributed by atoms with E-state index in [9.17, 15) is 18.4 Å². The molecule has 0 aromatic carbocycles. The molecule has 3 aromatic rings. The van der Waals surface area contributed by atoms with Crippen LogP contribution in [0.4, 0.5) is 13.2 Å². The number of pyridine rings is 2. The lowest BCUT2D eigenvalue weighted by molar-refractivity contribution is -0.904. The van der Waals surface area contributed by atoms with Crippen molar-refractivity contribution in [2.45, 2.75) is 6.18 Å². The molecule has 0 atom stereocenters. The topological polar surface area (TPSA) is 63.0 Å². The third-order valence-electron chi connectivity index (χ3n) is 2.67. The summed E-state index contributed by atoms with van der Waals surface area (Å²) in [6, 6.07) is 3.40. The highest BCUT2D eigenvalue weighted by Gasteiger charge is 2.33. The molecular formula is C12H6ClF3N3O2+. The summed E-state index contributed by atoms with van der Waals surface area (Å²) < 4.78 is 43.7. The van der Waals surface area contributed by atoms with E-state index in [0.717, 1.165) is 10.8 Å². The second kappa shape index (κ2) is 4.59. The summed E-state index contributed by atoms with van der Waals surface area (Å²) in [4.78, 5) is 7.41. The van der Waals surface area contributed by atoms with Gasteiger partial charge in [-0.15, -0.1) is 0 Å². The number of halogens is 4. The molecule has 0 unspecified atom stereocenters. The van der Waals surface area contributed by atoms with E-state index >= 15 is 0 Å². The summed E-state index contributed by atoms with van der Waals surface area (Å²) >= 11 is 5.91. The number of alkyl halides is 3. The summed E-state index contributed by atoms with van der Waals surface area (Å²) in [5.41, 5.74) is -0.801. The van der Waals surface area contributed by atoms with Gasteiger partial charge in [0.05, 0.1) is 5.56 Å². The molecule has 0 bridgehead atoms. The highest BCUT2D eigenvalue weighted by Crippen LogP contribution is 2.31. The van der Waals surface area contributed by atoms with Crippen LogP contribution in [-0.4, -0.2) is 15.2 Å². The minimum absolute atomic E-state index is 0.0161. The molecule has 3 aromatic heterocycles. The molecule has 0 saturated carbocycles. The molecule has 0 spiro atoms. The maximum atomic E-state index is 12.6. The zero-order valence-electron chi connectivity index (χ0n) is 10.1. The fourth-order valence-corrected chi connectivity index (χ4v) is 1.97. The van der Waals surface area contributed by atoms with Crippen molar-refractivity contribution in [3.8, 4) is 11.5 Å².